The molecule has 1 aliphatic carbocycles. The molecule has 1 aromatic heterocycles. The first-order chi connectivity index (χ1) is 18.2. The summed E-state index contributed by atoms with van der Waals surface area (Å²) in [6, 6.07) is 29.4. The fraction of sp³-hybridized carbons (Fsp3) is 0.207. The number of nitrogens with one attached hydrogen (secondary N) is 2. The fourth-order valence-corrected chi connectivity index (χ4v) is 5.29. The summed E-state index contributed by atoms with van der Waals surface area (Å²) >= 11 is 1.59. The van der Waals surface area contributed by atoms with E-state index in [4.69, 9.17) is 4.74 Å². The highest BCUT2D eigenvalue weighted by molar-refractivity contribution is 8.14. The van der Waals surface area contributed by atoms with Gasteiger partial charge in [-0.1, -0.05) is 66.4 Å². The zero-order valence-corrected chi connectivity index (χ0v) is 21.0. The van der Waals surface area contributed by atoms with Gasteiger partial charge >= 0.3 is 6.03 Å². The number of para-hydroxylation sites is 1. The molecule has 7 nitrogen and oxygen atoms in total. The van der Waals surface area contributed by atoms with Crippen molar-refractivity contribution in [1.82, 2.24) is 15.7 Å². The smallest absolute Gasteiger partial charge is 0.328 e. The number of benzene rings is 3. The minimum absolute atomic E-state index is 0.220. The van der Waals surface area contributed by atoms with Gasteiger partial charge in [-0.2, -0.15) is 5.10 Å². The highest BCUT2D eigenvalue weighted by atomic mass is 32.2. The molecule has 0 bridgehead atoms. The maximum atomic E-state index is 13.4. The van der Waals surface area contributed by atoms with Crippen LogP contribution in [0.3, 0.4) is 0 Å². The van der Waals surface area contributed by atoms with E-state index in [9.17, 15) is 4.79 Å². The minimum atomic E-state index is -0.220. The summed E-state index contributed by atoms with van der Waals surface area (Å²) < 4.78 is 5.99. The van der Waals surface area contributed by atoms with Gasteiger partial charge in [0.1, 0.15) is 12.4 Å². The topological polar surface area (TPSA) is 78.9 Å². The van der Waals surface area contributed by atoms with E-state index < -0.39 is 0 Å². The predicted octanol–water partition coefficient (Wildman–Crippen LogP) is 5.87. The molecule has 2 heterocycles. The summed E-state index contributed by atoms with van der Waals surface area (Å²) in [4.78, 5) is 19.7. The van der Waals surface area contributed by atoms with Crippen LogP contribution < -0.4 is 20.4 Å². The molecule has 37 heavy (non-hydrogen) atoms. The Balaban J connectivity index is 1.14. The zero-order chi connectivity index (χ0) is 25.0. The van der Waals surface area contributed by atoms with Crippen LogP contribution in [0.5, 0.6) is 5.75 Å². The number of thioether (sulfide) groups is 1. The second kappa shape index (κ2) is 10.5. The lowest BCUT2D eigenvalue weighted by molar-refractivity contribution is 0.250. The number of hydrogen-bond donors (Lipinski definition) is 2. The van der Waals surface area contributed by atoms with Crippen molar-refractivity contribution in [1.29, 1.82) is 0 Å². The lowest BCUT2D eigenvalue weighted by atomic mass is 10.2. The summed E-state index contributed by atoms with van der Waals surface area (Å²) in [6.45, 7) is 0.802. The molecule has 0 spiro atoms. The van der Waals surface area contributed by atoms with Crippen molar-refractivity contribution < 1.29 is 9.53 Å². The summed E-state index contributed by atoms with van der Waals surface area (Å²) in [5.74, 6) is 1.35. The normalized spacial score (nSPS) is 16.6. The van der Waals surface area contributed by atoms with Crippen LogP contribution in [0.2, 0.25) is 0 Å². The molecule has 2 N–H and O–H groups in total. The van der Waals surface area contributed by atoms with Gasteiger partial charge in [-0.15, -0.1) is 0 Å². The van der Waals surface area contributed by atoms with E-state index in [0.29, 0.717) is 30.0 Å². The summed E-state index contributed by atoms with van der Waals surface area (Å²) in [5.41, 5.74) is 6.76. The molecule has 1 unspecified atom stereocenters. The van der Waals surface area contributed by atoms with Crippen LogP contribution in [-0.4, -0.2) is 21.6 Å². The molecular weight excluding hydrogens is 482 g/mol. The van der Waals surface area contributed by atoms with Crippen LogP contribution >= 0.6 is 11.8 Å². The van der Waals surface area contributed by atoms with Gasteiger partial charge in [-0.05, 0) is 60.7 Å². The van der Waals surface area contributed by atoms with Gasteiger partial charge in [0.25, 0.3) is 0 Å². The van der Waals surface area contributed by atoms with E-state index in [1.165, 1.54) is 12.8 Å². The fourth-order valence-electron chi connectivity index (χ4n) is 4.23. The van der Waals surface area contributed by atoms with E-state index >= 15 is 0 Å². The van der Waals surface area contributed by atoms with Gasteiger partial charge in [0.05, 0.1) is 23.1 Å². The number of carbonyl (C=O) groups excluding carboxylic acids is 1. The molecule has 0 saturated heterocycles. The Morgan fingerprint density at radius 2 is 1.76 bits per heavy atom. The number of urea groups is 1. The summed E-state index contributed by atoms with van der Waals surface area (Å²) in [7, 11) is 0. The van der Waals surface area contributed by atoms with Gasteiger partial charge in [-0.25, -0.2) is 9.78 Å². The lowest BCUT2D eigenvalue weighted by Crippen LogP contribution is -2.41. The minimum Gasteiger partial charge on any atom is -0.487 e. The highest BCUT2D eigenvalue weighted by Gasteiger charge is 2.36. The Bertz CT molecular complexity index is 1420. The van der Waals surface area contributed by atoms with Crippen molar-refractivity contribution in [3.63, 3.8) is 0 Å². The third kappa shape index (κ3) is 5.70. The monoisotopic (exact) mass is 509 g/mol. The van der Waals surface area contributed by atoms with Crippen molar-refractivity contribution in [2.24, 2.45) is 11.0 Å². The maximum absolute atomic E-state index is 13.4. The third-order valence-corrected chi connectivity index (χ3v) is 7.58. The summed E-state index contributed by atoms with van der Waals surface area (Å²) in [5, 5.41) is 9.29. The number of carbonyl (C=O) groups is 1. The number of hydrogen-bond acceptors (Lipinski definition) is 6. The molecule has 1 fully saturated rings. The van der Waals surface area contributed by atoms with Crippen LogP contribution in [0.15, 0.2) is 96.1 Å². The molecule has 2 amide bonds. The third-order valence-electron chi connectivity index (χ3n) is 6.42. The van der Waals surface area contributed by atoms with E-state index in [-0.39, 0.29) is 11.4 Å². The Hall–Kier alpha value is -4.04. The largest absolute Gasteiger partial charge is 0.487 e. The molecule has 6 rings (SSSR count). The second-order valence-electron chi connectivity index (χ2n) is 9.20. The van der Waals surface area contributed by atoms with Crippen molar-refractivity contribution in [3.05, 3.63) is 102 Å². The molecule has 3 aromatic carbocycles. The van der Waals surface area contributed by atoms with Crippen molar-refractivity contribution >= 4 is 39.6 Å². The number of fused-ring (bicyclic) bond motifs is 1. The van der Waals surface area contributed by atoms with Crippen LogP contribution in [-0.2, 0) is 13.2 Å². The van der Waals surface area contributed by atoms with E-state index in [1.807, 2.05) is 84.9 Å². The van der Waals surface area contributed by atoms with Crippen LogP contribution in [0.25, 0.3) is 10.9 Å². The van der Waals surface area contributed by atoms with Crippen molar-refractivity contribution in [3.8, 4) is 5.75 Å². The average Bonchev–Trinajstić information content (AvgIpc) is 3.70. The Labute approximate surface area is 219 Å². The van der Waals surface area contributed by atoms with Gasteiger partial charge < -0.3 is 4.74 Å². The number of anilines is 1. The van der Waals surface area contributed by atoms with Gasteiger partial charge in [0.2, 0.25) is 0 Å². The van der Waals surface area contributed by atoms with Crippen LogP contribution in [0.1, 0.15) is 24.1 Å². The molecule has 2 aliphatic rings. The van der Waals surface area contributed by atoms with Crippen LogP contribution in [0, 0.1) is 5.92 Å². The first-order valence-electron chi connectivity index (χ1n) is 12.4. The molecule has 4 aromatic rings. The van der Waals surface area contributed by atoms with Gasteiger partial charge in [0, 0.05) is 11.1 Å². The first-order valence-corrected chi connectivity index (χ1v) is 13.3. The quantitative estimate of drug-likeness (QED) is 0.326. The SMILES string of the molecule is O=C(NC1=NNC(C2CC2)S1)N(Cc1ccccc1)c1ccc(OCc2ccc3ccccc3n2)cc1. The maximum Gasteiger partial charge on any atom is 0.328 e. The standard InChI is InChI=1S/C29H27N5O2S/c35-29(31-28-33-32-27(37-28)22-10-11-22)34(18-20-6-2-1-3-7-20)24-14-16-25(17-15-24)36-19-23-13-12-21-8-4-5-9-26(21)30-23/h1-9,12-17,22,27,32H,10-11,18-19H2,(H,31,33,35). The number of pyridine rings is 1. The number of ether oxygens (including phenoxy) is 1. The van der Waals surface area contributed by atoms with Gasteiger partial charge in [0.15, 0.2) is 5.17 Å². The second-order valence-corrected chi connectivity index (χ2v) is 10.3. The molecule has 1 atom stereocenters. The molecule has 8 heteroatoms. The van der Waals surface area contributed by atoms with E-state index in [1.54, 1.807) is 16.7 Å². The number of nitrogens with zero attached hydrogens (tertiary/aromatic N) is 3. The Kier molecular flexibility index (Phi) is 6.64. The van der Waals surface area contributed by atoms with Crippen molar-refractivity contribution in [2.45, 2.75) is 31.4 Å². The molecule has 186 valence electrons. The predicted molar refractivity (Wildman–Crippen MR) is 148 cm³/mol. The number of amidine groups is 1. The molecule has 1 saturated carbocycles. The summed E-state index contributed by atoms with van der Waals surface area (Å²) in [6.07, 6.45) is 2.43. The van der Waals surface area contributed by atoms with Crippen LogP contribution in [0.4, 0.5) is 10.5 Å². The number of amides is 2. The zero-order valence-electron chi connectivity index (χ0n) is 20.2. The Morgan fingerprint density at radius 1 is 0.973 bits per heavy atom. The van der Waals surface area contributed by atoms with Gasteiger partial charge in [-0.3, -0.25) is 15.6 Å². The number of hydrazone groups is 1. The van der Waals surface area contributed by atoms with E-state index in [2.05, 4.69) is 26.9 Å². The number of aromatic nitrogens is 1. The number of rotatable bonds is 7. The lowest BCUT2D eigenvalue weighted by Gasteiger charge is -2.23. The highest BCUT2D eigenvalue weighted by Crippen LogP contribution is 2.39. The molecular formula is C29H27N5O2S. The molecule has 1 aliphatic heterocycles. The Morgan fingerprint density at radius 3 is 2.57 bits per heavy atom. The molecule has 0 radical (unpaired) electrons. The van der Waals surface area contributed by atoms with Crippen molar-refractivity contribution in [2.75, 3.05) is 4.90 Å². The first kappa shape index (κ1) is 23.4. The van der Waals surface area contributed by atoms with E-state index in [0.717, 1.165) is 27.8 Å². The average molecular weight is 510 g/mol.